The lowest BCUT2D eigenvalue weighted by Gasteiger charge is -2.44. The van der Waals surface area contributed by atoms with Crippen molar-refractivity contribution < 1.29 is 23.4 Å². The predicted molar refractivity (Wildman–Crippen MR) is 132 cm³/mol. The van der Waals surface area contributed by atoms with Crippen LogP contribution < -0.4 is 9.64 Å². The third-order valence-electron chi connectivity index (χ3n) is 6.45. The van der Waals surface area contributed by atoms with Gasteiger partial charge in [0.2, 0.25) is 0 Å². The Bertz CT molecular complexity index is 1050. The molecule has 3 heterocycles. The Labute approximate surface area is 210 Å². The van der Waals surface area contributed by atoms with E-state index >= 15 is 4.39 Å². The Balaban J connectivity index is 1.50. The molecule has 35 heavy (non-hydrogen) atoms. The number of anilines is 1. The van der Waals surface area contributed by atoms with Crippen LogP contribution >= 0.6 is 11.6 Å². The van der Waals surface area contributed by atoms with E-state index in [0.717, 1.165) is 12.0 Å². The van der Waals surface area contributed by atoms with Gasteiger partial charge in [-0.05, 0) is 58.2 Å². The average molecular weight is 507 g/mol. The Morgan fingerprint density at radius 3 is 2.69 bits per heavy atom. The van der Waals surface area contributed by atoms with Gasteiger partial charge in [-0.15, -0.1) is 0 Å². The molecule has 2 saturated heterocycles. The number of nitrogens with zero attached hydrogens (tertiary/aromatic N) is 4. The quantitative estimate of drug-likeness (QED) is 0.505. The number of piperidine rings is 1. The van der Waals surface area contributed by atoms with Gasteiger partial charge in [0.25, 0.3) is 0 Å². The Hall–Kier alpha value is -2.65. The second-order valence-corrected chi connectivity index (χ2v) is 10.4. The molecule has 1 amide bonds. The summed E-state index contributed by atoms with van der Waals surface area (Å²) in [7, 11) is 3.36. The first-order chi connectivity index (χ1) is 16.6. The topological polar surface area (TPSA) is 77.0 Å². The zero-order valence-corrected chi connectivity index (χ0v) is 21.5. The molecule has 1 aromatic heterocycles. The number of methoxy groups -OCH3 is 1. The Morgan fingerprint density at radius 2 is 2.03 bits per heavy atom. The number of halogens is 2. The van der Waals surface area contributed by atoms with E-state index in [1.165, 1.54) is 7.11 Å². The van der Waals surface area contributed by atoms with Gasteiger partial charge in [-0.25, -0.2) is 14.2 Å². The van der Waals surface area contributed by atoms with Crippen molar-refractivity contribution in [2.75, 3.05) is 25.9 Å². The van der Waals surface area contributed by atoms with Crippen LogP contribution in [0.25, 0.3) is 11.3 Å². The van der Waals surface area contributed by atoms with Crippen LogP contribution in [0.5, 0.6) is 5.75 Å². The second kappa shape index (κ2) is 10.1. The van der Waals surface area contributed by atoms with Crippen molar-refractivity contribution >= 4 is 23.5 Å². The highest BCUT2D eigenvalue weighted by molar-refractivity contribution is 6.30. The SMILES string of the molecule is COCOc1cc(Cl)ccc1-c1cnc(N(C)[C@H]2C[C@@H]3CC[C@H]([C@H]2F)N3C(=O)OC(C)(C)C)cn1. The van der Waals surface area contributed by atoms with E-state index in [9.17, 15) is 4.79 Å². The molecule has 2 fully saturated rings. The molecule has 10 heteroatoms. The van der Waals surface area contributed by atoms with Crippen molar-refractivity contribution in [3.8, 4) is 17.0 Å². The van der Waals surface area contributed by atoms with Crippen molar-refractivity contribution in [2.24, 2.45) is 0 Å². The molecule has 0 unspecified atom stereocenters. The predicted octanol–water partition coefficient (Wildman–Crippen LogP) is 5.09. The lowest BCUT2D eigenvalue weighted by atomic mass is 9.94. The Kier molecular flexibility index (Phi) is 7.38. The smallest absolute Gasteiger partial charge is 0.410 e. The minimum Gasteiger partial charge on any atom is -0.467 e. The minimum atomic E-state index is -1.22. The highest BCUT2D eigenvalue weighted by atomic mass is 35.5. The number of fused-ring (bicyclic) bond motifs is 2. The van der Waals surface area contributed by atoms with Gasteiger partial charge in [0.15, 0.2) is 6.79 Å². The van der Waals surface area contributed by atoms with E-state index in [0.29, 0.717) is 35.1 Å². The lowest BCUT2D eigenvalue weighted by Crippen LogP contribution is -2.59. The third kappa shape index (κ3) is 5.46. The van der Waals surface area contributed by atoms with Crippen LogP contribution in [0.1, 0.15) is 40.0 Å². The molecule has 0 radical (unpaired) electrons. The second-order valence-electron chi connectivity index (χ2n) is 10.00. The summed E-state index contributed by atoms with van der Waals surface area (Å²) < 4.78 is 31.9. The third-order valence-corrected chi connectivity index (χ3v) is 6.68. The molecular weight excluding hydrogens is 475 g/mol. The molecule has 190 valence electrons. The van der Waals surface area contributed by atoms with Crippen LogP contribution in [0.4, 0.5) is 15.0 Å². The van der Waals surface area contributed by atoms with E-state index < -0.39 is 29.9 Å². The summed E-state index contributed by atoms with van der Waals surface area (Å²) in [5, 5.41) is 0.533. The van der Waals surface area contributed by atoms with Crippen LogP contribution in [0.3, 0.4) is 0 Å². The molecule has 2 aliphatic heterocycles. The normalized spacial score (nSPS) is 23.8. The number of hydrogen-bond acceptors (Lipinski definition) is 7. The average Bonchev–Trinajstić information content (AvgIpc) is 3.16. The van der Waals surface area contributed by atoms with Gasteiger partial charge in [0, 0.05) is 30.8 Å². The number of hydrogen-bond donors (Lipinski definition) is 0. The fourth-order valence-electron chi connectivity index (χ4n) is 4.85. The lowest BCUT2D eigenvalue weighted by molar-refractivity contribution is -0.0103. The first-order valence-corrected chi connectivity index (χ1v) is 12.1. The van der Waals surface area contributed by atoms with Crippen molar-refractivity contribution in [2.45, 2.75) is 69.9 Å². The van der Waals surface area contributed by atoms with Gasteiger partial charge in [-0.3, -0.25) is 9.88 Å². The number of carbonyl (C=O) groups excluding carboxylic acids is 1. The summed E-state index contributed by atoms with van der Waals surface area (Å²) in [5.41, 5.74) is 0.702. The Morgan fingerprint density at radius 1 is 1.26 bits per heavy atom. The van der Waals surface area contributed by atoms with Crippen LogP contribution in [0.2, 0.25) is 5.02 Å². The van der Waals surface area contributed by atoms with Crippen LogP contribution in [-0.4, -0.2) is 71.8 Å². The number of rotatable bonds is 6. The zero-order valence-electron chi connectivity index (χ0n) is 20.7. The van der Waals surface area contributed by atoms with Gasteiger partial charge in [-0.1, -0.05) is 11.6 Å². The molecule has 1 aromatic carbocycles. The minimum absolute atomic E-state index is 0.0592. The molecule has 2 bridgehead atoms. The van der Waals surface area contributed by atoms with E-state index in [4.69, 9.17) is 25.8 Å². The van der Waals surface area contributed by atoms with Crippen molar-refractivity contribution in [3.63, 3.8) is 0 Å². The van der Waals surface area contributed by atoms with E-state index in [1.54, 1.807) is 29.4 Å². The molecule has 2 aliphatic rings. The van der Waals surface area contributed by atoms with Gasteiger partial charge in [0.1, 0.15) is 23.3 Å². The largest absolute Gasteiger partial charge is 0.467 e. The molecule has 0 N–H and O–H groups in total. The summed E-state index contributed by atoms with van der Waals surface area (Å²) >= 11 is 6.11. The molecular formula is C25H32ClFN4O4. The molecule has 0 spiro atoms. The standard InChI is InChI=1S/C25H32ClFN4O4/c1-25(2,3)35-24(32)31-16-7-9-19(31)23(27)20(11-16)30(4)22-13-28-18(12-29-22)17-8-6-15(26)10-21(17)34-14-33-5/h6,8,10,12-13,16,19-20,23H,7,9,11,14H2,1-5H3/t16-,19+,20-,23+/m0/s1. The monoisotopic (exact) mass is 506 g/mol. The van der Waals surface area contributed by atoms with Crippen LogP contribution in [0, 0.1) is 0 Å². The first kappa shape index (κ1) is 25.4. The molecule has 8 nitrogen and oxygen atoms in total. The summed E-state index contributed by atoms with van der Waals surface area (Å²) in [4.78, 5) is 25.3. The zero-order chi connectivity index (χ0) is 25.3. The summed E-state index contributed by atoms with van der Waals surface area (Å²) in [6.45, 7) is 5.53. The highest BCUT2D eigenvalue weighted by Crippen LogP contribution is 2.41. The molecule has 2 aromatic rings. The number of benzene rings is 1. The first-order valence-electron chi connectivity index (χ1n) is 11.7. The van der Waals surface area contributed by atoms with E-state index in [-0.39, 0.29) is 12.8 Å². The maximum atomic E-state index is 15.7. The molecule has 4 rings (SSSR count). The number of ether oxygens (including phenoxy) is 3. The van der Waals surface area contributed by atoms with Gasteiger partial charge >= 0.3 is 6.09 Å². The van der Waals surface area contributed by atoms with Crippen LogP contribution in [0.15, 0.2) is 30.6 Å². The van der Waals surface area contributed by atoms with E-state index in [2.05, 4.69) is 9.97 Å². The highest BCUT2D eigenvalue weighted by Gasteiger charge is 2.52. The summed E-state index contributed by atoms with van der Waals surface area (Å²) in [5.74, 6) is 1.09. The number of aromatic nitrogens is 2. The molecule has 0 aliphatic carbocycles. The van der Waals surface area contributed by atoms with Crippen molar-refractivity contribution in [1.29, 1.82) is 0 Å². The van der Waals surface area contributed by atoms with Crippen molar-refractivity contribution in [3.05, 3.63) is 35.6 Å². The number of alkyl halides is 1. The summed E-state index contributed by atoms with van der Waals surface area (Å²) in [6, 6.07) is 4.28. The number of carbonyl (C=O) groups is 1. The summed E-state index contributed by atoms with van der Waals surface area (Å²) in [6.07, 6.45) is 3.49. The number of amides is 1. The fraction of sp³-hybridized carbons (Fsp3) is 0.560. The van der Waals surface area contributed by atoms with Gasteiger partial charge < -0.3 is 19.1 Å². The van der Waals surface area contributed by atoms with Crippen LogP contribution in [-0.2, 0) is 9.47 Å². The van der Waals surface area contributed by atoms with Gasteiger partial charge in [-0.2, -0.15) is 0 Å². The maximum absolute atomic E-state index is 15.7. The molecule has 4 atom stereocenters. The maximum Gasteiger partial charge on any atom is 0.410 e. The van der Waals surface area contributed by atoms with E-state index in [1.807, 2.05) is 38.8 Å². The van der Waals surface area contributed by atoms with Gasteiger partial charge in [0.05, 0.1) is 30.2 Å². The fourth-order valence-corrected chi connectivity index (χ4v) is 5.02. The molecule has 0 saturated carbocycles. The van der Waals surface area contributed by atoms with Crippen molar-refractivity contribution in [1.82, 2.24) is 14.9 Å².